The summed E-state index contributed by atoms with van der Waals surface area (Å²) in [5.41, 5.74) is 5.69. The standard InChI is InChI=1S/C14H27N5/c1-2-4-13(6-7-15)5-3-8-18-9-10-19-12-16-17-14(19)11-18/h12-13H,2-11,15H2,1H3. The number of hydrogen-bond donors (Lipinski definition) is 1. The summed E-state index contributed by atoms with van der Waals surface area (Å²) >= 11 is 0. The summed E-state index contributed by atoms with van der Waals surface area (Å²) < 4.78 is 2.16. The number of hydrogen-bond acceptors (Lipinski definition) is 4. The number of aromatic nitrogens is 3. The van der Waals surface area contributed by atoms with Crippen LogP contribution in [0.2, 0.25) is 0 Å². The molecule has 19 heavy (non-hydrogen) atoms. The van der Waals surface area contributed by atoms with Crippen LogP contribution in [0.1, 0.15) is 44.9 Å². The summed E-state index contributed by atoms with van der Waals surface area (Å²) in [6.45, 7) is 7.38. The SMILES string of the molecule is CCCC(CCN)CCCN1CCn2cnnc2C1. The van der Waals surface area contributed by atoms with Crippen LogP contribution in [-0.4, -0.2) is 39.3 Å². The van der Waals surface area contributed by atoms with Gasteiger partial charge < -0.3 is 10.3 Å². The Morgan fingerprint density at radius 3 is 3.00 bits per heavy atom. The van der Waals surface area contributed by atoms with Crippen molar-refractivity contribution in [3.05, 3.63) is 12.2 Å². The number of nitrogens with zero attached hydrogens (tertiary/aromatic N) is 4. The summed E-state index contributed by atoms with van der Waals surface area (Å²) in [6.07, 6.45) is 8.21. The lowest BCUT2D eigenvalue weighted by Gasteiger charge is -2.27. The second kappa shape index (κ2) is 7.60. The van der Waals surface area contributed by atoms with Crippen molar-refractivity contribution in [1.29, 1.82) is 0 Å². The highest BCUT2D eigenvalue weighted by atomic mass is 15.3. The molecule has 0 spiro atoms. The van der Waals surface area contributed by atoms with Crippen molar-refractivity contribution in [3.63, 3.8) is 0 Å². The average molecular weight is 265 g/mol. The van der Waals surface area contributed by atoms with Crippen molar-refractivity contribution in [1.82, 2.24) is 19.7 Å². The Bertz CT molecular complexity index is 356. The topological polar surface area (TPSA) is 60.0 Å². The number of rotatable bonds is 8. The van der Waals surface area contributed by atoms with E-state index in [1.165, 1.54) is 38.6 Å². The van der Waals surface area contributed by atoms with Gasteiger partial charge >= 0.3 is 0 Å². The third-order valence-corrected chi connectivity index (χ3v) is 4.08. The molecule has 1 unspecified atom stereocenters. The van der Waals surface area contributed by atoms with Crippen molar-refractivity contribution in [2.45, 2.75) is 52.1 Å². The summed E-state index contributed by atoms with van der Waals surface area (Å²) in [5, 5.41) is 8.13. The molecule has 0 bridgehead atoms. The van der Waals surface area contributed by atoms with Gasteiger partial charge in [-0.05, 0) is 38.3 Å². The molecule has 1 aromatic rings. The van der Waals surface area contributed by atoms with Crippen LogP contribution < -0.4 is 5.73 Å². The highest BCUT2D eigenvalue weighted by molar-refractivity contribution is 4.89. The van der Waals surface area contributed by atoms with Gasteiger partial charge in [0.25, 0.3) is 0 Å². The lowest BCUT2D eigenvalue weighted by atomic mass is 9.94. The predicted molar refractivity (Wildman–Crippen MR) is 76.6 cm³/mol. The van der Waals surface area contributed by atoms with Gasteiger partial charge in [-0.25, -0.2) is 0 Å². The zero-order valence-corrected chi connectivity index (χ0v) is 12.1. The number of nitrogens with two attached hydrogens (primary N) is 1. The van der Waals surface area contributed by atoms with E-state index in [-0.39, 0.29) is 0 Å². The van der Waals surface area contributed by atoms with Gasteiger partial charge in [0, 0.05) is 13.1 Å². The molecule has 2 heterocycles. The molecule has 0 radical (unpaired) electrons. The van der Waals surface area contributed by atoms with E-state index in [0.29, 0.717) is 0 Å². The molecule has 1 atom stereocenters. The quantitative estimate of drug-likeness (QED) is 0.776. The van der Waals surface area contributed by atoms with Crippen LogP contribution in [0.4, 0.5) is 0 Å². The van der Waals surface area contributed by atoms with Gasteiger partial charge in [-0.1, -0.05) is 19.8 Å². The van der Waals surface area contributed by atoms with Crippen LogP contribution in [0.25, 0.3) is 0 Å². The van der Waals surface area contributed by atoms with Gasteiger partial charge in [0.15, 0.2) is 0 Å². The normalized spacial score (nSPS) is 17.4. The summed E-state index contributed by atoms with van der Waals surface area (Å²) in [6, 6.07) is 0. The van der Waals surface area contributed by atoms with Crippen LogP contribution in [0.5, 0.6) is 0 Å². The Kier molecular flexibility index (Phi) is 5.79. The fourth-order valence-electron chi connectivity index (χ4n) is 2.99. The van der Waals surface area contributed by atoms with Crippen LogP contribution >= 0.6 is 0 Å². The minimum absolute atomic E-state index is 0.823. The number of fused-ring (bicyclic) bond motifs is 1. The molecule has 0 saturated carbocycles. The highest BCUT2D eigenvalue weighted by Gasteiger charge is 2.17. The molecule has 0 aliphatic carbocycles. The van der Waals surface area contributed by atoms with E-state index in [9.17, 15) is 0 Å². The zero-order chi connectivity index (χ0) is 13.5. The van der Waals surface area contributed by atoms with Gasteiger partial charge in [-0.3, -0.25) is 4.90 Å². The van der Waals surface area contributed by atoms with E-state index in [4.69, 9.17) is 5.73 Å². The Morgan fingerprint density at radius 2 is 2.21 bits per heavy atom. The molecular formula is C14H27N5. The van der Waals surface area contributed by atoms with Crippen LogP contribution in [-0.2, 0) is 13.1 Å². The minimum Gasteiger partial charge on any atom is -0.330 e. The van der Waals surface area contributed by atoms with Crippen molar-refractivity contribution in [3.8, 4) is 0 Å². The Labute approximate surface area is 116 Å². The zero-order valence-electron chi connectivity index (χ0n) is 12.1. The highest BCUT2D eigenvalue weighted by Crippen LogP contribution is 2.18. The molecule has 108 valence electrons. The maximum Gasteiger partial charge on any atom is 0.147 e. The molecule has 2 rings (SSSR count). The maximum atomic E-state index is 5.69. The van der Waals surface area contributed by atoms with Crippen molar-refractivity contribution >= 4 is 0 Å². The second-order valence-corrected chi connectivity index (χ2v) is 5.59. The van der Waals surface area contributed by atoms with Crippen LogP contribution in [0.15, 0.2) is 6.33 Å². The monoisotopic (exact) mass is 265 g/mol. The largest absolute Gasteiger partial charge is 0.330 e. The minimum atomic E-state index is 0.823. The van der Waals surface area contributed by atoms with E-state index >= 15 is 0 Å². The van der Waals surface area contributed by atoms with Crippen molar-refractivity contribution in [2.75, 3.05) is 19.6 Å². The van der Waals surface area contributed by atoms with E-state index in [0.717, 1.165) is 37.9 Å². The first-order chi connectivity index (χ1) is 9.33. The molecule has 1 aliphatic heterocycles. The van der Waals surface area contributed by atoms with Crippen LogP contribution in [0.3, 0.4) is 0 Å². The molecule has 5 nitrogen and oxygen atoms in total. The Hall–Kier alpha value is -0.940. The molecule has 5 heteroatoms. The van der Waals surface area contributed by atoms with Gasteiger partial charge in [-0.2, -0.15) is 0 Å². The lowest BCUT2D eigenvalue weighted by molar-refractivity contribution is 0.207. The van der Waals surface area contributed by atoms with Gasteiger partial charge in [-0.15, -0.1) is 10.2 Å². The smallest absolute Gasteiger partial charge is 0.147 e. The molecule has 1 aliphatic rings. The fourth-order valence-corrected chi connectivity index (χ4v) is 2.99. The molecule has 1 aromatic heterocycles. The lowest BCUT2D eigenvalue weighted by Crippen LogP contribution is -2.34. The fraction of sp³-hybridized carbons (Fsp3) is 0.857. The second-order valence-electron chi connectivity index (χ2n) is 5.59. The average Bonchev–Trinajstić information content (AvgIpc) is 2.86. The molecular weight excluding hydrogens is 238 g/mol. The van der Waals surface area contributed by atoms with Gasteiger partial charge in [0.1, 0.15) is 12.2 Å². The Morgan fingerprint density at radius 1 is 1.32 bits per heavy atom. The first kappa shape index (κ1) is 14.5. The van der Waals surface area contributed by atoms with Gasteiger partial charge in [0.2, 0.25) is 0 Å². The van der Waals surface area contributed by atoms with Gasteiger partial charge in [0.05, 0.1) is 6.54 Å². The van der Waals surface area contributed by atoms with E-state index in [2.05, 4.69) is 26.6 Å². The third-order valence-electron chi connectivity index (χ3n) is 4.08. The molecule has 0 fully saturated rings. The van der Waals surface area contributed by atoms with E-state index < -0.39 is 0 Å². The molecule has 0 aromatic carbocycles. The first-order valence-electron chi connectivity index (χ1n) is 7.62. The molecule has 0 amide bonds. The summed E-state index contributed by atoms with van der Waals surface area (Å²) in [5.74, 6) is 1.93. The van der Waals surface area contributed by atoms with Crippen molar-refractivity contribution in [2.24, 2.45) is 11.7 Å². The summed E-state index contributed by atoms with van der Waals surface area (Å²) in [4.78, 5) is 2.50. The van der Waals surface area contributed by atoms with Crippen LogP contribution in [0, 0.1) is 5.92 Å². The molecule has 0 saturated heterocycles. The van der Waals surface area contributed by atoms with E-state index in [1.54, 1.807) is 0 Å². The first-order valence-corrected chi connectivity index (χ1v) is 7.62. The predicted octanol–water partition coefficient (Wildman–Crippen LogP) is 1.64. The third kappa shape index (κ3) is 4.28. The van der Waals surface area contributed by atoms with Crippen molar-refractivity contribution < 1.29 is 0 Å². The Balaban J connectivity index is 1.68. The molecule has 2 N–H and O–H groups in total. The summed E-state index contributed by atoms with van der Waals surface area (Å²) in [7, 11) is 0. The maximum absolute atomic E-state index is 5.69. The van der Waals surface area contributed by atoms with E-state index in [1.807, 2.05) is 6.33 Å².